The van der Waals surface area contributed by atoms with Crippen molar-refractivity contribution in [3.63, 3.8) is 0 Å². The van der Waals surface area contributed by atoms with Gasteiger partial charge in [0.15, 0.2) is 0 Å². The molecule has 7 nitrogen and oxygen atoms in total. The molecule has 0 bridgehead atoms. The van der Waals surface area contributed by atoms with E-state index in [0.29, 0.717) is 37.6 Å². The lowest BCUT2D eigenvalue weighted by atomic mass is 10.3. The van der Waals surface area contributed by atoms with Crippen molar-refractivity contribution in [3.8, 4) is 10.7 Å². The van der Waals surface area contributed by atoms with Crippen LogP contribution >= 0.6 is 11.3 Å². The van der Waals surface area contributed by atoms with Crippen molar-refractivity contribution in [1.29, 1.82) is 0 Å². The molecule has 0 radical (unpaired) electrons. The number of imidazole rings is 1. The standard InChI is InChI=1S/C18H17N5O2S/c24-16(7-8-17-21-18(22-25-17)15-6-3-11-26-15)19-9-10-23-12-20-13-4-1-2-5-14(13)23/h1-6,11-12H,7-10H2,(H,19,24). The molecule has 3 aromatic heterocycles. The van der Waals surface area contributed by atoms with Gasteiger partial charge in [-0.2, -0.15) is 4.98 Å². The summed E-state index contributed by atoms with van der Waals surface area (Å²) in [6.07, 6.45) is 2.54. The normalized spacial score (nSPS) is 11.1. The molecular formula is C18H17N5O2S. The van der Waals surface area contributed by atoms with Crippen LogP contribution in [0.1, 0.15) is 12.3 Å². The number of aryl methyl sites for hydroxylation is 1. The third kappa shape index (κ3) is 3.65. The molecule has 0 fully saturated rings. The monoisotopic (exact) mass is 367 g/mol. The summed E-state index contributed by atoms with van der Waals surface area (Å²) in [5, 5.41) is 8.82. The van der Waals surface area contributed by atoms with Crippen LogP contribution in [0.15, 0.2) is 52.6 Å². The third-order valence-corrected chi connectivity index (χ3v) is 4.84. The molecule has 1 amide bonds. The van der Waals surface area contributed by atoms with E-state index < -0.39 is 0 Å². The second-order valence-corrected chi connectivity index (χ2v) is 6.71. The zero-order valence-electron chi connectivity index (χ0n) is 14.0. The highest BCUT2D eigenvalue weighted by molar-refractivity contribution is 7.13. The minimum absolute atomic E-state index is 0.0368. The van der Waals surface area contributed by atoms with Gasteiger partial charge in [-0.25, -0.2) is 4.98 Å². The Morgan fingerprint density at radius 1 is 1.23 bits per heavy atom. The lowest BCUT2D eigenvalue weighted by Crippen LogP contribution is -2.27. The number of carbonyl (C=O) groups excluding carboxylic acids is 1. The van der Waals surface area contributed by atoms with E-state index in [0.717, 1.165) is 15.9 Å². The number of amides is 1. The van der Waals surface area contributed by atoms with Crippen LogP contribution in [0.3, 0.4) is 0 Å². The van der Waals surface area contributed by atoms with E-state index in [1.54, 1.807) is 17.7 Å². The minimum atomic E-state index is -0.0368. The molecule has 132 valence electrons. The first-order valence-corrected chi connectivity index (χ1v) is 9.20. The highest BCUT2D eigenvalue weighted by atomic mass is 32.1. The Labute approximate surface area is 153 Å². The largest absolute Gasteiger partial charge is 0.354 e. The van der Waals surface area contributed by atoms with Crippen LogP contribution < -0.4 is 5.32 Å². The molecule has 0 atom stereocenters. The maximum atomic E-state index is 12.0. The topological polar surface area (TPSA) is 85.8 Å². The van der Waals surface area contributed by atoms with E-state index in [1.807, 2.05) is 46.3 Å². The lowest BCUT2D eigenvalue weighted by Gasteiger charge is -2.06. The Morgan fingerprint density at radius 2 is 2.15 bits per heavy atom. The van der Waals surface area contributed by atoms with Crippen LogP contribution in [0, 0.1) is 0 Å². The number of benzene rings is 1. The van der Waals surface area contributed by atoms with Gasteiger partial charge in [-0.05, 0) is 23.6 Å². The number of fused-ring (bicyclic) bond motifs is 1. The molecule has 0 saturated carbocycles. The molecule has 3 heterocycles. The number of nitrogens with zero attached hydrogens (tertiary/aromatic N) is 4. The van der Waals surface area contributed by atoms with Gasteiger partial charge in [0.1, 0.15) is 0 Å². The zero-order chi connectivity index (χ0) is 17.8. The van der Waals surface area contributed by atoms with Crippen LogP contribution in [0.5, 0.6) is 0 Å². The summed E-state index contributed by atoms with van der Waals surface area (Å²) < 4.78 is 7.23. The van der Waals surface area contributed by atoms with Crippen molar-refractivity contribution in [2.45, 2.75) is 19.4 Å². The van der Waals surface area contributed by atoms with Crippen LogP contribution in [0.25, 0.3) is 21.7 Å². The van der Waals surface area contributed by atoms with E-state index in [9.17, 15) is 4.79 Å². The van der Waals surface area contributed by atoms with Gasteiger partial charge in [-0.3, -0.25) is 4.79 Å². The van der Waals surface area contributed by atoms with Crippen molar-refractivity contribution in [2.75, 3.05) is 6.54 Å². The van der Waals surface area contributed by atoms with E-state index in [-0.39, 0.29) is 5.91 Å². The molecule has 4 aromatic rings. The predicted molar refractivity (Wildman–Crippen MR) is 98.7 cm³/mol. The molecule has 0 aliphatic rings. The highest BCUT2D eigenvalue weighted by Crippen LogP contribution is 2.21. The molecule has 26 heavy (non-hydrogen) atoms. The Kier molecular flexibility index (Phi) is 4.74. The average Bonchev–Trinajstić information content (AvgIpc) is 3.40. The fraction of sp³-hybridized carbons (Fsp3) is 0.222. The van der Waals surface area contributed by atoms with Gasteiger partial charge in [0.2, 0.25) is 17.6 Å². The van der Waals surface area contributed by atoms with Crippen LogP contribution in [-0.4, -0.2) is 32.1 Å². The molecule has 8 heteroatoms. The van der Waals surface area contributed by atoms with Crippen molar-refractivity contribution in [2.24, 2.45) is 0 Å². The summed E-state index contributed by atoms with van der Waals surface area (Å²) in [6, 6.07) is 11.8. The lowest BCUT2D eigenvalue weighted by molar-refractivity contribution is -0.121. The average molecular weight is 367 g/mol. The van der Waals surface area contributed by atoms with Crippen molar-refractivity contribution in [1.82, 2.24) is 25.0 Å². The van der Waals surface area contributed by atoms with E-state index >= 15 is 0 Å². The van der Waals surface area contributed by atoms with Gasteiger partial charge >= 0.3 is 0 Å². The maximum Gasteiger partial charge on any atom is 0.227 e. The first-order valence-electron chi connectivity index (χ1n) is 8.32. The van der Waals surface area contributed by atoms with Gasteiger partial charge in [-0.15, -0.1) is 11.3 Å². The summed E-state index contributed by atoms with van der Waals surface area (Å²) in [5.41, 5.74) is 2.02. The van der Waals surface area contributed by atoms with Crippen molar-refractivity contribution >= 4 is 28.3 Å². The fourth-order valence-electron chi connectivity index (χ4n) is 2.68. The van der Waals surface area contributed by atoms with Gasteiger partial charge in [0.25, 0.3) is 0 Å². The molecule has 0 spiro atoms. The van der Waals surface area contributed by atoms with E-state index in [4.69, 9.17) is 4.52 Å². The van der Waals surface area contributed by atoms with Gasteiger partial charge in [0.05, 0.1) is 22.2 Å². The molecule has 0 unspecified atom stereocenters. The SMILES string of the molecule is O=C(CCc1nc(-c2cccs2)no1)NCCn1cnc2ccccc21. The molecular weight excluding hydrogens is 350 g/mol. The quantitative estimate of drug-likeness (QED) is 0.543. The predicted octanol–water partition coefficient (Wildman–Crippen LogP) is 2.90. The Balaban J connectivity index is 1.24. The summed E-state index contributed by atoms with van der Waals surface area (Å²) >= 11 is 1.55. The van der Waals surface area contributed by atoms with Crippen LogP contribution in [-0.2, 0) is 17.8 Å². The smallest absolute Gasteiger partial charge is 0.227 e. The Bertz CT molecular complexity index is 1010. The zero-order valence-corrected chi connectivity index (χ0v) is 14.8. The first-order chi connectivity index (χ1) is 12.8. The number of hydrogen-bond donors (Lipinski definition) is 1. The van der Waals surface area contributed by atoms with Crippen LogP contribution in [0.4, 0.5) is 0 Å². The number of rotatable bonds is 7. The second-order valence-electron chi connectivity index (χ2n) is 5.77. The van der Waals surface area contributed by atoms with Gasteiger partial charge in [-0.1, -0.05) is 23.4 Å². The van der Waals surface area contributed by atoms with E-state index in [2.05, 4.69) is 20.4 Å². The summed E-state index contributed by atoms with van der Waals surface area (Å²) in [6.45, 7) is 1.22. The number of carbonyl (C=O) groups is 1. The maximum absolute atomic E-state index is 12.0. The number of aromatic nitrogens is 4. The molecule has 1 aromatic carbocycles. The number of para-hydroxylation sites is 2. The molecule has 0 saturated heterocycles. The van der Waals surface area contributed by atoms with E-state index in [1.165, 1.54) is 0 Å². The third-order valence-electron chi connectivity index (χ3n) is 3.98. The number of hydrogen-bond acceptors (Lipinski definition) is 6. The first kappa shape index (κ1) is 16.5. The van der Waals surface area contributed by atoms with Gasteiger partial charge in [0, 0.05) is 25.9 Å². The molecule has 1 N–H and O–H groups in total. The summed E-state index contributed by atoms with van der Waals surface area (Å²) in [4.78, 5) is 21.6. The Hall–Kier alpha value is -3.00. The Morgan fingerprint density at radius 3 is 3.04 bits per heavy atom. The fourth-order valence-corrected chi connectivity index (χ4v) is 3.32. The number of thiophene rings is 1. The van der Waals surface area contributed by atoms with Crippen LogP contribution in [0.2, 0.25) is 0 Å². The van der Waals surface area contributed by atoms with Gasteiger partial charge < -0.3 is 14.4 Å². The second kappa shape index (κ2) is 7.49. The minimum Gasteiger partial charge on any atom is -0.354 e. The summed E-state index contributed by atoms with van der Waals surface area (Å²) in [7, 11) is 0. The molecule has 0 aliphatic heterocycles. The van der Waals surface area contributed by atoms with Crippen molar-refractivity contribution < 1.29 is 9.32 Å². The molecule has 0 aliphatic carbocycles. The number of nitrogens with one attached hydrogen (secondary N) is 1. The summed E-state index contributed by atoms with van der Waals surface area (Å²) in [5.74, 6) is 1.01. The van der Waals surface area contributed by atoms with Crippen molar-refractivity contribution in [3.05, 3.63) is 54.0 Å². The highest BCUT2D eigenvalue weighted by Gasteiger charge is 2.11. The molecule has 4 rings (SSSR count).